The van der Waals surface area contributed by atoms with Gasteiger partial charge in [-0.3, -0.25) is 0 Å². The van der Waals surface area contributed by atoms with Crippen LogP contribution in [-0.4, -0.2) is 30.7 Å². The molecule has 2 atom stereocenters. The molecule has 1 aromatic carbocycles. The van der Waals surface area contributed by atoms with Crippen LogP contribution in [0.15, 0.2) is 29.2 Å². The molecule has 1 rings (SSSR count). The monoisotopic (exact) mass is 241 g/mol. The predicted molar refractivity (Wildman–Crippen MR) is 67.7 cm³/mol. The Morgan fingerprint density at radius 3 is 2.88 bits per heavy atom. The van der Waals surface area contributed by atoms with Crippen LogP contribution < -0.4 is 5.73 Å². The van der Waals surface area contributed by atoms with Gasteiger partial charge in [0.1, 0.15) is 0 Å². The van der Waals surface area contributed by atoms with E-state index in [0.717, 1.165) is 10.5 Å². The standard InChI is InChI=1S/C12H19NO2S/c1-9(13)10-4-3-5-12(6-10)16-8-11(14)7-15-2/h3-6,9,11,14H,7-8,13H2,1-2H3. The fraction of sp³-hybridized carbons (Fsp3) is 0.500. The van der Waals surface area contributed by atoms with Crippen LogP contribution in [0.5, 0.6) is 0 Å². The summed E-state index contributed by atoms with van der Waals surface area (Å²) < 4.78 is 4.87. The summed E-state index contributed by atoms with van der Waals surface area (Å²) in [5.41, 5.74) is 6.92. The van der Waals surface area contributed by atoms with Gasteiger partial charge in [0.15, 0.2) is 0 Å². The highest BCUT2D eigenvalue weighted by Gasteiger charge is 2.05. The molecule has 0 radical (unpaired) electrons. The second-order valence-electron chi connectivity index (χ2n) is 3.78. The molecular weight excluding hydrogens is 222 g/mol. The van der Waals surface area contributed by atoms with E-state index in [1.54, 1.807) is 18.9 Å². The first-order chi connectivity index (χ1) is 7.63. The number of hydrogen-bond donors (Lipinski definition) is 2. The van der Waals surface area contributed by atoms with E-state index < -0.39 is 6.10 Å². The zero-order valence-electron chi connectivity index (χ0n) is 9.72. The summed E-state index contributed by atoms with van der Waals surface area (Å²) in [4.78, 5) is 1.13. The Morgan fingerprint density at radius 1 is 1.50 bits per heavy atom. The van der Waals surface area contributed by atoms with Gasteiger partial charge in [0.25, 0.3) is 0 Å². The van der Waals surface area contributed by atoms with Gasteiger partial charge in [-0.25, -0.2) is 0 Å². The molecule has 0 amide bonds. The van der Waals surface area contributed by atoms with Crippen molar-refractivity contribution >= 4 is 11.8 Å². The SMILES string of the molecule is COCC(O)CSc1cccc(C(C)N)c1. The number of benzene rings is 1. The number of methoxy groups -OCH3 is 1. The minimum absolute atomic E-state index is 0.0458. The Morgan fingerprint density at radius 2 is 2.25 bits per heavy atom. The molecule has 2 unspecified atom stereocenters. The third kappa shape index (κ3) is 4.53. The van der Waals surface area contributed by atoms with E-state index in [9.17, 15) is 5.11 Å². The number of aliphatic hydroxyl groups is 1. The maximum atomic E-state index is 9.52. The Balaban J connectivity index is 2.50. The van der Waals surface area contributed by atoms with E-state index in [4.69, 9.17) is 10.5 Å². The Hall–Kier alpha value is -0.550. The molecular formula is C12H19NO2S. The molecule has 1 aromatic rings. The smallest absolute Gasteiger partial charge is 0.0867 e. The molecule has 0 heterocycles. The van der Waals surface area contributed by atoms with Crippen molar-refractivity contribution in [2.75, 3.05) is 19.5 Å². The van der Waals surface area contributed by atoms with Crippen molar-refractivity contribution in [3.05, 3.63) is 29.8 Å². The molecule has 0 saturated heterocycles. The first-order valence-electron chi connectivity index (χ1n) is 5.29. The minimum atomic E-state index is -0.422. The third-order valence-corrected chi connectivity index (χ3v) is 3.32. The van der Waals surface area contributed by atoms with Crippen LogP contribution in [0.4, 0.5) is 0 Å². The van der Waals surface area contributed by atoms with Crippen molar-refractivity contribution in [3.63, 3.8) is 0 Å². The second-order valence-corrected chi connectivity index (χ2v) is 4.87. The molecule has 90 valence electrons. The zero-order chi connectivity index (χ0) is 12.0. The van der Waals surface area contributed by atoms with Crippen LogP contribution >= 0.6 is 11.8 Å². The van der Waals surface area contributed by atoms with Crippen molar-refractivity contribution in [2.24, 2.45) is 5.73 Å². The molecule has 0 aliphatic carbocycles. The number of thioether (sulfide) groups is 1. The normalized spacial score (nSPS) is 14.8. The number of aliphatic hydroxyl groups excluding tert-OH is 1. The lowest BCUT2D eigenvalue weighted by Crippen LogP contribution is -2.16. The molecule has 0 fully saturated rings. The van der Waals surface area contributed by atoms with E-state index in [1.165, 1.54) is 0 Å². The van der Waals surface area contributed by atoms with Crippen molar-refractivity contribution in [1.82, 2.24) is 0 Å². The van der Waals surface area contributed by atoms with Gasteiger partial charge < -0.3 is 15.6 Å². The molecule has 0 aromatic heterocycles. The lowest BCUT2D eigenvalue weighted by molar-refractivity contribution is 0.0794. The summed E-state index contributed by atoms with van der Waals surface area (Å²) >= 11 is 1.61. The van der Waals surface area contributed by atoms with Crippen LogP contribution in [0.3, 0.4) is 0 Å². The van der Waals surface area contributed by atoms with Gasteiger partial charge in [0.2, 0.25) is 0 Å². The fourth-order valence-corrected chi connectivity index (χ4v) is 2.20. The molecule has 16 heavy (non-hydrogen) atoms. The average molecular weight is 241 g/mol. The molecule has 3 nitrogen and oxygen atoms in total. The maximum Gasteiger partial charge on any atom is 0.0867 e. The summed E-state index contributed by atoms with van der Waals surface area (Å²) in [5, 5.41) is 9.52. The zero-order valence-corrected chi connectivity index (χ0v) is 10.5. The van der Waals surface area contributed by atoms with E-state index in [0.29, 0.717) is 12.4 Å². The molecule has 3 N–H and O–H groups in total. The van der Waals surface area contributed by atoms with Crippen LogP contribution in [0.1, 0.15) is 18.5 Å². The van der Waals surface area contributed by atoms with Gasteiger partial charge >= 0.3 is 0 Å². The van der Waals surface area contributed by atoms with Crippen LogP contribution in [-0.2, 0) is 4.74 Å². The molecule has 0 aliphatic rings. The van der Waals surface area contributed by atoms with Gasteiger partial charge in [-0.1, -0.05) is 12.1 Å². The van der Waals surface area contributed by atoms with Crippen molar-refractivity contribution in [3.8, 4) is 0 Å². The van der Waals surface area contributed by atoms with Crippen molar-refractivity contribution in [1.29, 1.82) is 0 Å². The second kappa shape index (κ2) is 6.91. The summed E-state index contributed by atoms with van der Waals surface area (Å²) in [6.45, 7) is 2.34. The highest BCUT2D eigenvalue weighted by Crippen LogP contribution is 2.22. The molecule has 0 aliphatic heterocycles. The predicted octanol–water partition coefficient (Wildman–Crippen LogP) is 1.81. The lowest BCUT2D eigenvalue weighted by Gasteiger charge is -2.10. The van der Waals surface area contributed by atoms with E-state index in [1.807, 2.05) is 25.1 Å². The fourth-order valence-electron chi connectivity index (χ4n) is 1.32. The van der Waals surface area contributed by atoms with Gasteiger partial charge in [-0.05, 0) is 24.6 Å². The van der Waals surface area contributed by atoms with E-state index in [-0.39, 0.29) is 6.04 Å². The number of nitrogens with two attached hydrogens (primary N) is 1. The topological polar surface area (TPSA) is 55.5 Å². The lowest BCUT2D eigenvalue weighted by atomic mass is 10.1. The first-order valence-corrected chi connectivity index (χ1v) is 6.27. The highest BCUT2D eigenvalue weighted by atomic mass is 32.2. The molecule has 0 bridgehead atoms. The first kappa shape index (κ1) is 13.5. The van der Waals surface area contributed by atoms with E-state index in [2.05, 4.69) is 6.07 Å². The van der Waals surface area contributed by atoms with Crippen LogP contribution in [0, 0.1) is 0 Å². The van der Waals surface area contributed by atoms with E-state index >= 15 is 0 Å². The average Bonchev–Trinajstić information content (AvgIpc) is 2.27. The molecule has 0 saturated carbocycles. The maximum absolute atomic E-state index is 9.52. The van der Waals surface area contributed by atoms with Gasteiger partial charge in [0, 0.05) is 23.8 Å². The van der Waals surface area contributed by atoms with Gasteiger partial charge in [0.05, 0.1) is 12.7 Å². The van der Waals surface area contributed by atoms with Crippen LogP contribution in [0.25, 0.3) is 0 Å². The minimum Gasteiger partial charge on any atom is -0.390 e. The van der Waals surface area contributed by atoms with Crippen LogP contribution in [0.2, 0.25) is 0 Å². The summed E-state index contributed by atoms with van der Waals surface area (Å²) in [7, 11) is 1.59. The quantitative estimate of drug-likeness (QED) is 0.746. The third-order valence-electron chi connectivity index (χ3n) is 2.19. The molecule has 4 heteroatoms. The Bertz CT molecular complexity index is 318. The Labute approximate surface area is 101 Å². The number of rotatable bonds is 6. The summed E-state index contributed by atoms with van der Waals surface area (Å²) in [5.74, 6) is 0.635. The largest absolute Gasteiger partial charge is 0.390 e. The highest BCUT2D eigenvalue weighted by molar-refractivity contribution is 7.99. The van der Waals surface area contributed by atoms with Crippen molar-refractivity contribution < 1.29 is 9.84 Å². The van der Waals surface area contributed by atoms with Gasteiger partial charge in [-0.2, -0.15) is 0 Å². The Kier molecular flexibility index (Phi) is 5.84. The molecule has 0 spiro atoms. The van der Waals surface area contributed by atoms with Gasteiger partial charge in [-0.15, -0.1) is 11.8 Å². The summed E-state index contributed by atoms with van der Waals surface area (Å²) in [6.07, 6.45) is -0.422. The number of ether oxygens (including phenoxy) is 1. The summed E-state index contributed by atoms with van der Waals surface area (Å²) in [6, 6.07) is 8.14. The van der Waals surface area contributed by atoms with Crippen molar-refractivity contribution in [2.45, 2.75) is 24.0 Å². The number of hydrogen-bond acceptors (Lipinski definition) is 4.